The second-order valence-electron chi connectivity index (χ2n) is 5.38. The first kappa shape index (κ1) is 16.1. The molecule has 0 atom stereocenters. The smallest absolute Gasteiger partial charge is 0.267 e. The molecule has 1 heterocycles. The number of carbonyl (C=O) groups is 2. The molecule has 0 bridgehead atoms. The summed E-state index contributed by atoms with van der Waals surface area (Å²) in [5, 5.41) is 3.69. The van der Waals surface area contributed by atoms with Crippen LogP contribution in [-0.2, 0) is 0 Å². The van der Waals surface area contributed by atoms with Crippen molar-refractivity contribution < 1.29 is 9.59 Å². The van der Waals surface area contributed by atoms with Crippen molar-refractivity contribution in [3.63, 3.8) is 0 Å². The molecule has 2 aromatic carbocycles. The van der Waals surface area contributed by atoms with Crippen molar-refractivity contribution in [1.82, 2.24) is 4.98 Å². The van der Waals surface area contributed by atoms with E-state index in [-0.39, 0.29) is 11.7 Å². The number of hydrogen-bond donors (Lipinski definition) is 1. The maximum atomic E-state index is 12.5. The number of aryl methyl sites for hydroxylation is 2. The first-order valence-corrected chi connectivity index (χ1v) is 8.31. The number of carbonyl (C=O) groups excluding carboxylic acids is 2. The number of anilines is 1. The van der Waals surface area contributed by atoms with E-state index >= 15 is 0 Å². The topological polar surface area (TPSA) is 59.1 Å². The van der Waals surface area contributed by atoms with Crippen molar-refractivity contribution in [3.05, 3.63) is 81.3 Å². The number of ketones is 1. The molecule has 3 rings (SSSR count). The molecular weight excluding hydrogens is 320 g/mol. The van der Waals surface area contributed by atoms with Gasteiger partial charge >= 0.3 is 0 Å². The zero-order valence-electron chi connectivity index (χ0n) is 13.4. The number of hydrogen-bond acceptors (Lipinski definition) is 4. The molecule has 120 valence electrons. The molecule has 0 saturated carbocycles. The molecule has 0 unspecified atom stereocenters. The van der Waals surface area contributed by atoms with E-state index in [1.807, 2.05) is 32.0 Å². The third kappa shape index (κ3) is 3.41. The number of nitrogens with zero attached hydrogens (tertiary/aromatic N) is 1. The minimum atomic E-state index is -0.206. The summed E-state index contributed by atoms with van der Waals surface area (Å²) in [7, 11) is 0. The van der Waals surface area contributed by atoms with Gasteiger partial charge in [0.05, 0.1) is 10.7 Å². The van der Waals surface area contributed by atoms with E-state index in [4.69, 9.17) is 0 Å². The van der Waals surface area contributed by atoms with E-state index in [1.54, 1.807) is 36.4 Å². The van der Waals surface area contributed by atoms with Crippen LogP contribution in [0.3, 0.4) is 0 Å². The van der Waals surface area contributed by atoms with Gasteiger partial charge in [-0.2, -0.15) is 0 Å². The maximum Gasteiger partial charge on any atom is 0.267 e. The third-order valence-corrected chi connectivity index (χ3v) is 4.60. The second kappa shape index (κ2) is 6.76. The number of benzene rings is 2. The monoisotopic (exact) mass is 336 g/mol. The zero-order valence-corrected chi connectivity index (χ0v) is 14.2. The number of amides is 1. The van der Waals surface area contributed by atoms with Crippen LogP contribution >= 0.6 is 11.3 Å². The molecule has 0 radical (unpaired) electrons. The Labute approximate surface area is 144 Å². The van der Waals surface area contributed by atoms with Crippen LogP contribution in [0.2, 0.25) is 0 Å². The molecule has 0 fully saturated rings. The van der Waals surface area contributed by atoms with E-state index in [0.29, 0.717) is 27.4 Å². The highest BCUT2D eigenvalue weighted by molar-refractivity contribution is 7.13. The van der Waals surface area contributed by atoms with Crippen LogP contribution in [0.5, 0.6) is 0 Å². The lowest BCUT2D eigenvalue weighted by atomic mass is 10.0. The largest absolute Gasteiger partial charge is 0.321 e. The van der Waals surface area contributed by atoms with Crippen molar-refractivity contribution in [1.29, 1.82) is 0 Å². The van der Waals surface area contributed by atoms with E-state index in [2.05, 4.69) is 10.3 Å². The molecule has 0 aliphatic heterocycles. The Morgan fingerprint density at radius 3 is 2.33 bits per heavy atom. The van der Waals surface area contributed by atoms with E-state index in [0.717, 1.165) is 5.01 Å². The summed E-state index contributed by atoms with van der Waals surface area (Å²) in [4.78, 5) is 29.7. The Morgan fingerprint density at radius 1 is 0.958 bits per heavy atom. The molecule has 5 heteroatoms. The van der Waals surface area contributed by atoms with Crippen LogP contribution in [0.15, 0.2) is 54.6 Å². The second-order valence-corrected chi connectivity index (χ2v) is 6.58. The van der Waals surface area contributed by atoms with Crippen LogP contribution in [0.4, 0.5) is 5.69 Å². The van der Waals surface area contributed by atoms with Gasteiger partial charge in [-0.05, 0) is 26.0 Å². The fraction of sp³-hybridized carbons (Fsp3) is 0.105. The number of thiazole rings is 1. The summed E-state index contributed by atoms with van der Waals surface area (Å²) in [6.07, 6.45) is 0. The quantitative estimate of drug-likeness (QED) is 0.725. The SMILES string of the molecule is Cc1nc(C)c(C(=O)Nc2cccc(C(=O)c3ccccc3)c2)s1. The van der Waals surface area contributed by atoms with Gasteiger partial charge in [0.1, 0.15) is 4.88 Å². The van der Waals surface area contributed by atoms with Crippen LogP contribution in [0.25, 0.3) is 0 Å². The number of nitrogens with one attached hydrogen (secondary N) is 1. The van der Waals surface area contributed by atoms with Gasteiger partial charge < -0.3 is 5.32 Å². The Balaban J connectivity index is 1.82. The molecule has 0 spiro atoms. The van der Waals surface area contributed by atoms with Crippen molar-refractivity contribution in [2.24, 2.45) is 0 Å². The van der Waals surface area contributed by atoms with Gasteiger partial charge in [-0.1, -0.05) is 42.5 Å². The highest BCUT2D eigenvalue weighted by Crippen LogP contribution is 2.20. The highest BCUT2D eigenvalue weighted by atomic mass is 32.1. The molecule has 1 aromatic heterocycles. The van der Waals surface area contributed by atoms with Gasteiger partial charge in [0.2, 0.25) is 0 Å². The third-order valence-electron chi connectivity index (χ3n) is 3.53. The first-order chi connectivity index (χ1) is 11.5. The summed E-state index contributed by atoms with van der Waals surface area (Å²) in [6.45, 7) is 3.68. The first-order valence-electron chi connectivity index (χ1n) is 7.50. The van der Waals surface area contributed by atoms with Crippen LogP contribution in [-0.4, -0.2) is 16.7 Å². The lowest BCUT2D eigenvalue weighted by molar-refractivity contribution is 0.102. The lowest BCUT2D eigenvalue weighted by Crippen LogP contribution is -2.12. The van der Waals surface area contributed by atoms with Crippen LogP contribution < -0.4 is 5.32 Å². The summed E-state index contributed by atoms with van der Waals surface area (Å²) >= 11 is 1.36. The van der Waals surface area contributed by atoms with E-state index in [1.165, 1.54) is 11.3 Å². The van der Waals surface area contributed by atoms with Gasteiger partial charge in [-0.15, -0.1) is 11.3 Å². The predicted octanol–water partition coefficient (Wildman–Crippen LogP) is 4.24. The molecular formula is C19H16N2O2S. The zero-order chi connectivity index (χ0) is 17.1. The summed E-state index contributed by atoms with van der Waals surface area (Å²) in [5.74, 6) is -0.279. The standard InChI is InChI=1S/C19H16N2O2S/c1-12-18(24-13(2)20-12)19(23)21-16-10-6-9-15(11-16)17(22)14-7-4-3-5-8-14/h3-11H,1-2H3,(H,21,23). The van der Waals surface area contributed by atoms with Gasteiger partial charge in [-0.25, -0.2) is 4.98 Å². The van der Waals surface area contributed by atoms with Crippen molar-refractivity contribution >= 4 is 28.7 Å². The number of rotatable bonds is 4. The average Bonchev–Trinajstić information content (AvgIpc) is 2.94. The fourth-order valence-electron chi connectivity index (χ4n) is 2.42. The van der Waals surface area contributed by atoms with Crippen molar-refractivity contribution in [2.75, 3.05) is 5.32 Å². The Kier molecular flexibility index (Phi) is 4.53. The van der Waals surface area contributed by atoms with Crippen LogP contribution in [0.1, 0.15) is 36.3 Å². The van der Waals surface area contributed by atoms with E-state index < -0.39 is 0 Å². The molecule has 0 aliphatic carbocycles. The molecule has 1 amide bonds. The Morgan fingerprint density at radius 2 is 1.67 bits per heavy atom. The molecule has 3 aromatic rings. The van der Waals surface area contributed by atoms with Crippen molar-refractivity contribution in [2.45, 2.75) is 13.8 Å². The molecule has 4 nitrogen and oxygen atoms in total. The predicted molar refractivity (Wildman–Crippen MR) is 95.9 cm³/mol. The van der Waals surface area contributed by atoms with Gasteiger partial charge in [0, 0.05) is 16.8 Å². The Bertz CT molecular complexity index is 901. The van der Waals surface area contributed by atoms with Crippen molar-refractivity contribution in [3.8, 4) is 0 Å². The normalized spacial score (nSPS) is 10.4. The summed E-state index contributed by atoms with van der Waals surface area (Å²) < 4.78 is 0. The molecule has 24 heavy (non-hydrogen) atoms. The minimum Gasteiger partial charge on any atom is -0.321 e. The minimum absolute atomic E-state index is 0.0727. The van der Waals surface area contributed by atoms with Gasteiger partial charge in [0.15, 0.2) is 5.78 Å². The summed E-state index contributed by atoms with van der Waals surface area (Å²) in [6, 6.07) is 16.0. The van der Waals surface area contributed by atoms with Gasteiger partial charge in [0.25, 0.3) is 5.91 Å². The van der Waals surface area contributed by atoms with E-state index in [9.17, 15) is 9.59 Å². The summed E-state index contributed by atoms with van der Waals surface area (Å²) in [5.41, 5.74) is 2.46. The maximum absolute atomic E-state index is 12.5. The molecule has 1 N–H and O–H groups in total. The Hall–Kier alpha value is -2.79. The lowest BCUT2D eigenvalue weighted by Gasteiger charge is -2.07. The average molecular weight is 336 g/mol. The fourth-order valence-corrected chi connectivity index (χ4v) is 3.24. The number of aromatic nitrogens is 1. The van der Waals surface area contributed by atoms with Crippen LogP contribution in [0, 0.1) is 13.8 Å². The van der Waals surface area contributed by atoms with Gasteiger partial charge in [-0.3, -0.25) is 9.59 Å². The molecule has 0 saturated heterocycles. The highest BCUT2D eigenvalue weighted by Gasteiger charge is 2.15. The molecule has 0 aliphatic rings.